The lowest BCUT2D eigenvalue weighted by molar-refractivity contribution is -0.153. The van der Waals surface area contributed by atoms with E-state index in [0.717, 1.165) is 0 Å². The van der Waals surface area contributed by atoms with Crippen molar-refractivity contribution in [3.05, 3.63) is 36.0 Å². The molecule has 1 aliphatic rings. The van der Waals surface area contributed by atoms with Crippen molar-refractivity contribution < 1.29 is 14.3 Å². The van der Waals surface area contributed by atoms with E-state index in [9.17, 15) is 14.9 Å². The molecule has 0 fully saturated rings. The molecule has 0 saturated carbocycles. The van der Waals surface area contributed by atoms with E-state index in [2.05, 4.69) is 6.58 Å². The van der Waals surface area contributed by atoms with Crippen LogP contribution < -0.4 is 0 Å². The highest BCUT2D eigenvalue weighted by atomic mass is 16.5. The zero-order valence-corrected chi connectivity index (χ0v) is 11.2. The highest BCUT2D eigenvalue weighted by molar-refractivity contribution is 5.86. The Morgan fingerprint density at radius 2 is 2.42 bits per heavy atom. The summed E-state index contributed by atoms with van der Waals surface area (Å²) in [4.78, 5) is 23.1. The van der Waals surface area contributed by atoms with Gasteiger partial charge in [0.1, 0.15) is 6.29 Å². The van der Waals surface area contributed by atoms with Gasteiger partial charge in [0.2, 0.25) is 0 Å². The normalized spacial score (nSPS) is 26.7. The van der Waals surface area contributed by atoms with Crippen molar-refractivity contribution in [3.8, 4) is 6.07 Å². The average Bonchev–Trinajstić information content (AvgIpc) is 2.41. The zero-order chi connectivity index (χ0) is 14.5. The smallest absolute Gasteiger partial charge is 0.327 e. The summed E-state index contributed by atoms with van der Waals surface area (Å²) < 4.78 is 5.01. The van der Waals surface area contributed by atoms with Crippen LogP contribution in [0.25, 0.3) is 0 Å². The number of carbonyl (C=O) groups excluding carboxylic acids is 2. The zero-order valence-electron chi connectivity index (χ0n) is 11.2. The summed E-state index contributed by atoms with van der Waals surface area (Å²) in [7, 11) is 0. The van der Waals surface area contributed by atoms with Crippen molar-refractivity contribution in [2.75, 3.05) is 6.61 Å². The van der Waals surface area contributed by atoms with Gasteiger partial charge in [0.05, 0.1) is 12.7 Å². The first-order valence-electron chi connectivity index (χ1n) is 6.11. The maximum absolute atomic E-state index is 12.2. The van der Waals surface area contributed by atoms with Gasteiger partial charge in [-0.15, -0.1) is 0 Å². The van der Waals surface area contributed by atoms with E-state index < -0.39 is 17.3 Å². The first kappa shape index (κ1) is 14.9. The Hall–Kier alpha value is -2.15. The molecule has 0 spiro atoms. The molecule has 0 radical (unpaired) electrons. The van der Waals surface area contributed by atoms with Crippen molar-refractivity contribution in [2.24, 2.45) is 11.3 Å². The second kappa shape index (κ2) is 6.14. The fraction of sp³-hybridized carbons (Fsp3) is 0.400. The Bertz CT molecular complexity index is 496. The van der Waals surface area contributed by atoms with Crippen LogP contribution in [-0.2, 0) is 14.3 Å². The van der Waals surface area contributed by atoms with Crippen molar-refractivity contribution >= 4 is 12.3 Å². The number of carbonyl (C=O) groups is 2. The molecule has 4 nitrogen and oxygen atoms in total. The summed E-state index contributed by atoms with van der Waals surface area (Å²) in [5, 5.41) is 9.50. The minimum Gasteiger partial charge on any atom is -0.465 e. The van der Waals surface area contributed by atoms with Crippen LogP contribution in [0.2, 0.25) is 0 Å². The number of rotatable bonds is 4. The van der Waals surface area contributed by atoms with Crippen molar-refractivity contribution in [3.63, 3.8) is 0 Å². The molecule has 1 rings (SSSR count). The predicted octanol–water partition coefficient (Wildman–Crippen LogP) is 2.34. The Morgan fingerprint density at radius 3 is 2.89 bits per heavy atom. The number of hydrogen-bond donors (Lipinski definition) is 0. The van der Waals surface area contributed by atoms with E-state index in [-0.39, 0.29) is 13.0 Å². The highest BCUT2D eigenvalue weighted by Crippen LogP contribution is 2.44. The lowest BCUT2D eigenvalue weighted by Crippen LogP contribution is -2.41. The maximum Gasteiger partial charge on any atom is 0.327 e. The fourth-order valence-electron chi connectivity index (χ4n) is 2.30. The molecule has 0 bridgehead atoms. The summed E-state index contributed by atoms with van der Waals surface area (Å²) in [5.41, 5.74) is -0.439. The van der Waals surface area contributed by atoms with Gasteiger partial charge < -0.3 is 4.74 Å². The molecule has 0 aromatic carbocycles. The SMILES string of the molecule is C=C1C=C(C=O)C[C@@](C#N)(C(=O)OCC)[C@H]1/C=C/C. The fourth-order valence-corrected chi connectivity index (χ4v) is 2.30. The summed E-state index contributed by atoms with van der Waals surface area (Å²) >= 11 is 0. The van der Waals surface area contributed by atoms with E-state index in [1.54, 1.807) is 32.1 Å². The number of allylic oxidation sites excluding steroid dienone is 5. The van der Waals surface area contributed by atoms with Crippen LogP contribution in [0.1, 0.15) is 20.3 Å². The molecule has 0 N–H and O–H groups in total. The topological polar surface area (TPSA) is 67.2 Å². The number of hydrogen-bond acceptors (Lipinski definition) is 4. The first-order valence-corrected chi connectivity index (χ1v) is 6.11. The lowest BCUT2D eigenvalue weighted by Gasteiger charge is -2.35. The summed E-state index contributed by atoms with van der Waals surface area (Å²) in [6.45, 7) is 7.53. The van der Waals surface area contributed by atoms with Gasteiger partial charge in [0.15, 0.2) is 5.41 Å². The molecule has 4 heteroatoms. The molecule has 0 heterocycles. The molecular formula is C15H17NO3. The van der Waals surface area contributed by atoms with Crippen molar-refractivity contribution in [2.45, 2.75) is 20.3 Å². The number of aldehydes is 1. The van der Waals surface area contributed by atoms with Crippen molar-refractivity contribution in [1.82, 2.24) is 0 Å². The Morgan fingerprint density at radius 1 is 1.74 bits per heavy atom. The summed E-state index contributed by atoms with van der Waals surface area (Å²) in [6, 6.07) is 2.05. The van der Waals surface area contributed by atoms with Gasteiger partial charge >= 0.3 is 5.97 Å². The van der Waals surface area contributed by atoms with Crippen LogP contribution in [-0.4, -0.2) is 18.9 Å². The molecule has 0 aliphatic heterocycles. The largest absolute Gasteiger partial charge is 0.465 e. The molecule has 0 amide bonds. The van der Waals surface area contributed by atoms with Crippen LogP contribution in [0.15, 0.2) is 36.0 Å². The highest BCUT2D eigenvalue weighted by Gasteiger charge is 2.49. The minimum absolute atomic E-state index is 0.0554. The first-order chi connectivity index (χ1) is 9.05. The van der Waals surface area contributed by atoms with Gasteiger partial charge in [-0.3, -0.25) is 9.59 Å². The van der Waals surface area contributed by atoms with Gasteiger partial charge in [-0.25, -0.2) is 0 Å². The molecule has 0 unspecified atom stereocenters. The molecule has 1 aliphatic carbocycles. The van der Waals surface area contributed by atoms with Gasteiger partial charge in [0, 0.05) is 12.3 Å². The molecule has 2 atom stereocenters. The van der Waals surface area contributed by atoms with Gasteiger partial charge in [-0.05, 0) is 25.0 Å². The number of nitriles is 1. The number of ether oxygens (including phenoxy) is 1. The Balaban J connectivity index is 3.35. The molecule has 0 saturated heterocycles. The van der Waals surface area contributed by atoms with Crippen LogP contribution in [0.4, 0.5) is 0 Å². The summed E-state index contributed by atoms with van der Waals surface area (Å²) in [6.07, 6.45) is 5.86. The van der Waals surface area contributed by atoms with Gasteiger partial charge in [-0.1, -0.05) is 24.8 Å². The second-order valence-corrected chi connectivity index (χ2v) is 4.40. The number of esters is 1. The summed E-state index contributed by atoms with van der Waals surface area (Å²) in [5.74, 6) is -1.07. The number of nitrogens with zero attached hydrogens (tertiary/aromatic N) is 1. The van der Waals surface area contributed by atoms with Gasteiger partial charge in [0.25, 0.3) is 0 Å². The van der Waals surface area contributed by atoms with E-state index in [1.807, 2.05) is 6.07 Å². The average molecular weight is 259 g/mol. The molecule has 100 valence electrons. The quantitative estimate of drug-likeness (QED) is 0.441. The maximum atomic E-state index is 12.2. The van der Waals surface area contributed by atoms with Crippen LogP contribution >= 0.6 is 0 Å². The monoisotopic (exact) mass is 259 g/mol. The molecular weight excluding hydrogens is 242 g/mol. The third-order valence-corrected chi connectivity index (χ3v) is 3.16. The van der Waals surface area contributed by atoms with Crippen LogP contribution in [0.3, 0.4) is 0 Å². The third-order valence-electron chi connectivity index (χ3n) is 3.16. The lowest BCUT2D eigenvalue weighted by atomic mass is 9.65. The Kier molecular flexibility index (Phi) is 4.82. The molecule has 19 heavy (non-hydrogen) atoms. The Labute approximate surface area is 113 Å². The van der Waals surface area contributed by atoms with E-state index >= 15 is 0 Å². The predicted molar refractivity (Wildman–Crippen MR) is 70.9 cm³/mol. The molecule has 0 aromatic heterocycles. The van der Waals surface area contributed by atoms with E-state index in [1.165, 1.54) is 0 Å². The van der Waals surface area contributed by atoms with Gasteiger partial charge in [-0.2, -0.15) is 5.26 Å². The van der Waals surface area contributed by atoms with Crippen LogP contribution in [0, 0.1) is 22.7 Å². The second-order valence-electron chi connectivity index (χ2n) is 4.40. The standard InChI is InChI=1S/C15H17NO3/c1-4-6-13-11(3)7-12(9-17)8-15(13,10-16)14(18)19-5-2/h4,6-7,9,13H,3,5,8H2,1-2H3/b6-4+/t13-,15-/m0/s1. The third kappa shape index (κ3) is 2.65. The molecule has 0 aromatic rings. The minimum atomic E-state index is -1.40. The van der Waals surface area contributed by atoms with Crippen LogP contribution in [0.5, 0.6) is 0 Å². The van der Waals surface area contributed by atoms with E-state index in [4.69, 9.17) is 4.74 Å². The van der Waals surface area contributed by atoms with Crippen molar-refractivity contribution in [1.29, 1.82) is 5.26 Å². The van der Waals surface area contributed by atoms with E-state index in [0.29, 0.717) is 17.4 Å².